The third kappa shape index (κ3) is 7.11. The topological polar surface area (TPSA) is 31.6 Å². The van der Waals surface area contributed by atoms with Gasteiger partial charge in [0.25, 0.3) is 0 Å². The summed E-state index contributed by atoms with van der Waals surface area (Å²) in [7, 11) is 0. The first-order valence-electron chi connectivity index (χ1n) is 8.42. The fourth-order valence-corrected chi connectivity index (χ4v) is 2.56. The molecule has 0 bridgehead atoms. The highest BCUT2D eigenvalue weighted by molar-refractivity contribution is 5.02. The number of hydrogen-bond acceptors (Lipinski definition) is 4. The van der Waals surface area contributed by atoms with Crippen molar-refractivity contribution in [3.8, 4) is 0 Å². The number of furan rings is 1. The SMILES string of the molecule is CCN(CC)CCCN(CC)CCNC(C)c1ccco1. The molecule has 0 saturated heterocycles. The van der Waals surface area contributed by atoms with Crippen molar-refractivity contribution < 1.29 is 4.42 Å². The molecule has 0 amide bonds. The number of nitrogens with zero attached hydrogens (tertiary/aromatic N) is 2. The van der Waals surface area contributed by atoms with E-state index in [4.69, 9.17) is 4.42 Å². The third-order valence-electron chi connectivity index (χ3n) is 4.14. The summed E-state index contributed by atoms with van der Waals surface area (Å²) >= 11 is 0. The van der Waals surface area contributed by atoms with Gasteiger partial charge in [-0.15, -0.1) is 0 Å². The van der Waals surface area contributed by atoms with Crippen molar-refractivity contribution in [2.45, 2.75) is 40.2 Å². The first-order chi connectivity index (χ1) is 10.2. The predicted molar refractivity (Wildman–Crippen MR) is 89.6 cm³/mol. The average Bonchev–Trinajstić information content (AvgIpc) is 3.04. The fraction of sp³-hybridized carbons (Fsp3) is 0.765. The molecule has 4 heteroatoms. The molecule has 0 radical (unpaired) electrons. The van der Waals surface area contributed by atoms with E-state index in [0.717, 1.165) is 38.5 Å². The number of hydrogen-bond donors (Lipinski definition) is 1. The molecule has 0 aliphatic carbocycles. The molecule has 0 fully saturated rings. The maximum absolute atomic E-state index is 5.41. The van der Waals surface area contributed by atoms with Gasteiger partial charge in [0.1, 0.15) is 5.76 Å². The van der Waals surface area contributed by atoms with Crippen LogP contribution in [0.5, 0.6) is 0 Å². The van der Waals surface area contributed by atoms with Crippen LogP contribution in [0.15, 0.2) is 22.8 Å². The molecular formula is C17H33N3O. The maximum atomic E-state index is 5.41. The van der Waals surface area contributed by atoms with Crippen LogP contribution in [0, 0.1) is 0 Å². The Morgan fingerprint density at radius 3 is 2.29 bits per heavy atom. The summed E-state index contributed by atoms with van der Waals surface area (Å²) in [5, 5.41) is 3.53. The largest absolute Gasteiger partial charge is 0.468 e. The molecule has 1 unspecified atom stereocenters. The molecule has 1 atom stereocenters. The van der Waals surface area contributed by atoms with Crippen molar-refractivity contribution in [2.75, 3.05) is 45.8 Å². The lowest BCUT2D eigenvalue weighted by atomic mass is 10.2. The molecule has 1 aromatic heterocycles. The summed E-state index contributed by atoms with van der Waals surface area (Å²) in [6.07, 6.45) is 2.99. The van der Waals surface area contributed by atoms with Gasteiger partial charge in [0.05, 0.1) is 12.3 Å². The van der Waals surface area contributed by atoms with E-state index in [-0.39, 0.29) is 6.04 Å². The Bertz CT molecular complexity index is 336. The minimum atomic E-state index is 0.286. The summed E-state index contributed by atoms with van der Waals surface area (Å²) in [4.78, 5) is 5.01. The molecule has 1 rings (SSSR count). The van der Waals surface area contributed by atoms with Crippen molar-refractivity contribution in [1.29, 1.82) is 0 Å². The van der Waals surface area contributed by atoms with Crippen LogP contribution >= 0.6 is 0 Å². The van der Waals surface area contributed by atoms with Crippen LogP contribution in [0.2, 0.25) is 0 Å². The zero-order valence-corrected chi connectivity index (χ0v) is 14.3. The Morgan fingerprint density at radius 1 is 1.05 bits per heavy atom. The second kappa shape index (κ2) is 10.8. The molecular weight excluding hydrogens is 262 g/mol. The smallest absolute Gasteiger partial charge is 0.120 e. The number of likely N-dealkylation sites (N-methyl/N-ethyl adjacent to an activating group) is 1. The average molecular weight is 295 g/mol. The van der Waals surface area contributed by atoms with Crippen molar-refractivity contribution in [3.05, 3.63) is 24.2 Å². The van der Waals surface area contributed by atoms with E-state index >= 15 is 0 Å². The molecule has 0 aliphatic heterocycles. The van der Waals surface area contributed by atoms with Gasteiger partial charge in [-0.2, -0.15) is 0 Å². The summed E-state index contributed by atoms with van der Waals surface area (Å²) < 4.78 is 5.41. The van der Waals surface area contributed by atoms with Crippen LogP contribution in [-0.4, -0.2) is 55.6 Å². The second-order valence-electron chi connectivity index (χ2n) is 5.51. The molecule has 1 aromatic rings. The highest BCUT2D eigenvalue weighted by Gasteiger charge is 2.08. The normalized spacial score (nSPS) is 13.2. The standard InChI is InChI=1S/C17H33N3O/c1-5-19(6-2)12-9-13-20(7-3)14-11-18-16(4)17-10-8-15-21-17/h8,10,15-16,18H,5-7,9,11-14H2,1-4H3. The minimum absolute atomic E-state index is 0.286. The highest BCUT2D eigenvalue weighted by Crippen LogP contribution is 2.11. The van der Waals surface area contributed by atoms with Gasteiger partial charge in [-0.3, -0.25) is 0 Å². The second-order valence-corrected chi connectivity index (χ2v) is 5.51. The summed E-state index contributed by atoms with van der Waals surface area (Å²) in [6.45, 7) is 16.8. The van der Waals surface area contributed by atoms with Crippen molar-refractivity contribution in [3.63, 3.8) is 0 Å². The van der Waals surface area contributed by atoms with Crippen LogP contribution in [0.4, 0.5) is 0 Å². The fourth-order valence-electron chi connectivity index (χ4n) is 2.56. The Balaban J connectivity index is 2.16. The predicted octanol–water partition coefficient (Wildman–Crippen LogP) is 2.98. The molecule has 4 nitrogen and oxygen atoms in total. The summed E-state index contributed by atoms with van der Waals surface area (Å²) in [6, 6.07) is 4.26. The maximum Gasteiger partial charge on any atom is 0.120 e. The number of nitrogens with one attached hydrogen (secondary N) is 1. The quantitative estimate of drug-likeness (QED) is 0.642. The van der Waals surface area contributed by atoms with E-state index in [0.29, 0.717) is 0 Å². The monoisotopic (exact) mass is 295 g/mol. The summed E-state index contributed by atoms with van der Waals surface area (Å²) in [5.74, 6) is 1.01. The first kappa shape index (κ1) is 18.2. The minimum Gasteiger partial charge on any atom is -0.468 e. The Labute approximate surface area is 130 Å². The van der Waals surface area contributed by atoms with E-state index in [9.17, 15) is 0 Å². The van der Waals surface area contributed by atoms with E-state index in [1.807, 2.05) is 12.1 Å². The van der Waals surface area contributed by atoms with Crippen LogP contribution in [-0.2, 0) is 0 Å². The summed E-state index contributed by atoms with van der Waals surface area (Å²) in [5.41, 5.74) is 0. The molecule has 122 valence electrons. The molecule has 0 aromatic carbocycles. The van der Waals surface area contributed by atoms with Gasteiger partial charge in [0.2, 0.25) is 0 Å². The molecule has 21 heavy (non-hydrogen) atoms. The Hall–Kier alpha value is -0.840. The molecule has 1 heterocycles. The van der Waals surface area contributed by atoms with Gasteiger partial charge in [0, 0.05) is 13.1 Å². The van der Waals surface area contributed by atoms with E-state index < -0.39 is 0 Å². The van der Waals surface area contributed by atoms with Gasteiger partial charge in [-0.05, 0) is 58.2 Å². The lowest BCUT2D eigenvalue weighted by Gasteiger charge is -2.24. The Kier molecular flexibility index (Phi) is 9.39. The van der Waals surface area contributed by atoms with Gasteiger partial charge < -0.3 is 19.5 Å². The van der Waals surface area contributed by atoms with Crippen LogP contribution in [0.3, 0.4) is 0 Å². The van der Waals surface area contributed by atoms with E-state index in [1.54, 1.807) is 6.26 Å². The highest BCUT2D eigenvalue weighted by atomic mass is 16.3. The van der Waals surface area contributed by atoms with Crippen LogP contribution in [0.1, 0.15) is 45.9 Å². The third-order valence-corrected chi connectivity index (χ3v) is 4.14. The van der Waals surface area contributed by atoms with E-state index in [2.05, 4.69) is 42.8 Å². The van der Waals surface area contributed by atoms with Crippen LogP contribution in [0.25, 0.3) is 0 Å². The van der Waals surface area contributed by atoms with Gasteiger partial charge in [-0.25, -0.2) is 0 Å². The lowest BCUT2D eigenvalue weighted by Crippen LogP contribution is -2.35. The Morgan fingerprint density at radius 2 is 1.71 bits per heavy atom. The lowest BCUT2D eigenvalue weighted by molar-refractivity contribution is 0.241. The van der Waals surface area contributed by atoms with Crippen LogP contribution < -0.4 is 5.32 Å². The van der Waals surface area contributed by atoms with Crippen molar-refractivity contribution >= 4 is 0 Å². The van der Waals surface area contributed by atoms with E-state index in [1.165, 1.54) is 19.5 Å². The zero-order chi connectivity index (χ0) is 15.5. The first-order valence-corrected chi connectivity index (χ1v) is 8.42. The van der Waals surface area contributed by atoms with Gasteiger partial charge in [0.15, 0.2) is 0 Å². The van der Waals surface area contributed by atoms with Gasteiger partial charge >= 0.3 is 0 Å². The molecule has 0 aliphatic rings. The molecule has 0 saturated carbocycles. The van der Waals surface area contributed by atoms with Gasteiger partial charge in [-0.1, -0.05) is 20.8 Å². The number of rotatable bonds is 12. The molecule has 0 spiro atoms. The molecule has 1 N–H and O–H groups in total. The van der Waals surface area contributed by atoms with Crippen molar-refractivity contribution in [2.24, 2.45) is 0 Å². The van der Waals surface area contributed by atoms with Crippen molar-refractivity contribution in [1.82, 2.24) is 15.1 Å². The zero-order valence-electron chi connectivity index (χ0n) is 14.3.